The average Bonchev–Trinajstić information content (AvgIpc) is 3.25. The van der Waals surface area contributed by atoms with Crippen molar-refractivity contribution in [3.8, 4) is 17.0 Å². The Labute approximate surface area is 175 Å². The molecule has 9 nitrogen and oxygen atoms in total. The van der Waals surface area contributed by atoms with Gasteiger partial charge in [-0.2, -0.15) is 14.9 Å². The second-order valence-corrected chi connectivity index (χ2v) is 7.22. The summed E-state index contributed by atoms with van der Waals surface area (Å²) in [5.74, 6) is -1.26. The predicted molar refractivity (Wildman–Crippen MR) is 100 cm³/mol. The Morgan fingerprint density at radius 1 is 1.43 bits per heavy atom. The predicted octanol–water partition coefficient (Wildman–Crippen LogP) is 3.22. The minimum atomic E-state index is -4.93. The standard InChI is InChI=1S/C16H11ClF3N7O2S/c1-7(12-25-14(22)26-27(12)15-23-6-11(5-21)30-15)24-13(28)8-2-9(17)4-10(3-8)29-16(18,19)20/h2-4,6-7H,1H3,(H2,22,26)(H,24,28)/t7-/m0/s1. The maximum Gasteiger partial charge on any atom is 0.573 e. The van der Waals surface area contributed by atoms with Crippen LogP contribution in [-0.2, 0) is 0 Å². The summed E-state index contributed by atoms with van der Waals surface area (Å²) in [6, 6.07) is 4.19. The summed E-state index contributed by atoms with van der Waals surface area (Å²) in [5, 5.41) is 15.7. The van der Waals surface area contributed by atoms with Crippen LogP contribution in [0.4, 0.5) is 19.1 Å². The normalized spacial score (nSPS) is 12.3. The molecule has 0 aliphatic rings. The molecular formula is C16H11ClF3N7O2S. The minimum Gasteiger partial charge on any atom is -0.406 e. The van der Waals surface area contributed by atoms with Gasteiger partial charge < -0.3 is 15.8 Å². The van der Waals surface area contributed by atoms with Gasteiger partial charge in [0.2, 0.25) is 11.1 Å². The van der Waals surface area contributed by atoms with Crippen LogP contribution < -0.4 is 15.8 Å². The van der Waals surface area contributed by atoms with E-state index in [-0.39, 0.29) is 22.4 Å². The van der Waals surface area contributed by atoms with Crippen LogP contribution in [0.3, 0.4) is 0 Å². The maximum atomic E-state index is 12.6. The van der Waals surface area contributed by atoms with Gasteiger partial charge in [-0.25, -0.2) is 4.98 Å². The zero-order valence-electron chi connectivity index (χ0n) is 14.9. The molecule has 0 unspecified atom stereocenters. The first-order valence-electron chi connectivity index (χ1n) is 8.01. The number of thiazole rings is 1. The SMILES string of the molecule is C[C@H](NC(=O)c1cc(Cl)cc(OC(F)(F)F)c1)c1nc(N)nn1-c1ncc(C#N)s1. The number of hydrogen-bond donors (Lipinski definition) is 2. The second-order valence-electron chi connectivity index (χ2n) is 5.78. The zero-order valence-corrected chi connectivity index (χ0v) is 16.5. The molecule has 2 aromatic heterocycles. The number of ether oxygens (including phenoxy) is 1. The van der Waals surface area contributed by atoms with Gasteiger partial charge >= 0.3 is 6.36 Å². The van der Waals surface area contributed by atoms with Crippen molar-refractivity contribution >= 4 is 34.8 Å². The van der Waals surface area contributed by atoms with E-state index >= 15 is 0 Å². The lowest BCUT2D eigenvalue weighted by Crippen LogP contribution is -2.29. The summed E-state index contributed by atoms with van der Waals surface area (Å²) >= 11 is 6.83. The van der Waals surface area contributed by atoms with Gasteiger partial charge in [-0.1, -0.05) is 22.9 Å². The molecule has 3 N–H and O–H groups in total. The lowest BCUT2D eigenvalue weighted by molar-refractivity contribution is -0.274. The third kappa shape index (κ3) is 4.97. The fourth-order valence-electron chi connectivity index (χ4n) is 2.41. The largest absolute Gasteiger partial charge is 0.573 e. The van der Waals surface area contributed by atoms with Crippen molar-refractivity contribution in [2.24, 2.45) is 0 Å². The summed E-state index contributed by atoms with van der Waals surface area (Å²) in [6.07, 6.45) is -3.59. The van der Waals surface area contributed by atoms with Gasteiger partial charge in [0.25, 0.3) is 5.91 Å². The molecule has 0 spiro atoms. The van der Waals surface area contributed by atoms with Gasteiger partial charge in [-0.3, -0.25) is 4.79 Å². The number of nitriles is 1. The van der Waals surface area contributed by atoms with Crippen molar-refractivity contribution in [1.82, 2.24) is 25.1 Å². The lowest BCUT2D eigenvalue weighted by atomic mass is 10.2. The lowest BCUT2D eigenvalue weighted by Gasteiger charge is -2.15. The number of nitrogen functional groups attached to an aromatic ring is 1. The fraction of sp³-hybridized carbons (Fsp3) is 0.188. The number of alkyl halides is 3. The van der Waals surface area contributed by atoms with Crippen LogP contribution in [0.5, 0.6) is 5.75 Å². The highest BCUT2D eigenvalue weighted by molar-refractivity contribution is 7.14. The third-order valence-electron chi connectivity index (χ3n) is 3.54. The Bertz CT molecular complexity index is 1140. The summed E-state index contributed by atoms with van der Waals surface area (Å²) in [4.78, 5) is 21.0. The minimum absolute atomic E-state index is 0.0941. The van der Waals surface area contributed by atoms with E-state index < -0.39 is 24.1 Å². The Morgan fingerprint density at radius 2 is 2.17 bits per heavy atom. The highest BCUT2D eigenvalue weighted by Gasteiger charge is 2.31. The van der Waals surface area contributed by atoms with E-state index in [1.807, 2.05) is 6.07 Å². The number of hydrogen-bond acceptors (Lipinski definition) is 8. The molecule has 0 aliphatic heterocycles. The van der Waals surface area contributed by atoms with Crippen LogP contribution in [0, 0.1) is 11.3 Å². The number of benzene rings is 1. The third-order valence-corrected chi connectivity index (χ3v) is 4.63. The molecule has 14 heteroatoms. The monoisotopic (exact) mass is 457 g/mol. The number of aromatic nitrogens is 4. The number of amides is 1. The van der Waals surface area contributed by atoms with Crippen LogP contribution in [0.25, 0.3) is 5.13 Å². The van der Waals surface area contributed by atoms with Gasteiger partial charge in [-0.15, -0.1) is 18.3 Å². The Kier molecular flexibility index (Phi) is 5.81. The summed E-state index contributed by atoms with van der Waals surface area (Å²) in [7, 11) is 0. The number of nitrogens with zero attached hydrogens (tertiary/aromatic N) is 5. The highest BCUT2D eigenvalue weighted by Crippen LogP contribution is 2.27. The van der Waals surface area contributed by atoms with E-state index in [0.717, 1.165) is 23.5 Å². The van der Waals surface area contributed by atoms with E-state index in [1.165, 1.54) is 16.9 Å². The Morgan fingerprint density at radius 3 is 2.80 bits per heavy atom. The van der Waals surface area contributed by atoms with E-state index in [2.05, 4.69) is 25.1 Å². The first-order chi connectivity index (χ1) is 14.1. The number of nitrogens with one attached hydrogen (secondary N) is 1. The van der Waals surface area contributed by atoms with Crippen molar-refractivity contribution in [3.05, 3.63) is 45.7 Å². The van der Waals surface area contributed by atoms with Crippen molar-refractivity contribution in [3.63, 3.8) is 0 Å². The first-order valence-corrected chi connectivity index (χ1v) is 9.21. The molecule has 3 aromatic rings. The molecule has 0 radical (unpaired) electrons. The number of carbonyl (C=O) groups is 1. The van der Waals surface area contributed by atoms with Gasteiger partial charge in [-0.05, 0) is 25.1 Å². The van der Waals surface area contributed by atoms with Crippen molar-refractivity contribution < 1.29 is 22.7 Å². The summed E-state index contributed by atoms with van der Waals surface area (Å²) < 4.78 is 42.4. The zero-order chi connectivity index (χ0) is 22.1. The van der Waals surface area contributed by atoms with Crippen LogP contribution in [-0.4, -0.2) is 32.0 Å². The van der Waals surface area contributed by atoms with Crippen molar-refractivity contribution in [1.29, 1.82) is 5.26 Å². The Hall–Kier alpha value is -3.37. The van der Waals surface area contributed by atoms with Gasteiger partial charge in [0, 0.05) is 10.6 Å². The number of anilines is 1. The maximum absolute atomic E-state index is 12.6. The molecule has 1 amide bonds. The molecule has 1 aromatic carbocycles. The van der Waals surface area contributed by atoms with Crippen molar-refractivity contribution in [2.45, 2.75) is 19.3 Å². The molecule has 0 fully saturated rings. The molecule has 1 atom stereocenters. The molecule has 3 rings (SSSR count). The molecule has 0 saturated carbocycles. The van der Waals surface area contributed by atoms with Crippen LogP contribution in [0.1, 0.15) is 34.0 Å². The number of halogens is 4. The van der Waals surface area contributed by atoms with Crippen molar-refractivity contribution in [2.75, 3.05) is 5.73 Å². The average molecular weight is 458 g/mol. The quantitative estimate of drug-likeness (QED) is 0.601. The van der Waals surface area contributed by atoms with Crippen LogP contribution >= 0.6 is 22.9 Å². The fourth-order valence-corrected chi connectivity index (χ4v) is 3.31. The smallest absolute Gasteiger partial charge is 0.406 e. The molecular weight excluding hydrogens is 447 g/mol. The van der Waals surface area contributed by atoms with Crippen LogP contribution in [0.2, 0.25) is 5.02 Å². The molecule has 2 heterocycles. The Balaban J connectivity index is 1.84. The first kappa shape index (κ1) is 21.3. The molecule has 0 bridgehead atoms. The number of rotatable bonds is 5. The van der Waals surface area contributed by atoms with E-state index in [9.17, 15) is 18.0 Å². The van der Waals surface area contributed by atoms with Crippen LogP contribution in [0.15, 0.2) is 24.4 Å². The highest BCUT2D eigenvalue weighted by atomic mass is 35.5. The summed E-state index contributed by atoms with van der Waals surface area (Å²) in [5.41, 5.74) is 5.49. The van der Waals surface area contributed by atoms with E-state index in [0.29, 0.717) is 10.0 Å². The van der Waals surface area contributed by atoms with E-state index in [4.69, 9.17) is 22.6 Å². The number of nitrogens with two attached hydrogens (primary N) is 1. The number of carbonyl (C=O) groups excluding carboxylic acids is 1. The van der Waals surface area contributed by atoms with Gasteiger partial charge in [0.1, 0.15) is 16.7 Å². The van der Waals surface area contributed by atoms with Gasteiger partial charge in [0.05, 0.1) is 12.2 Å². The molecule has 156 valence electrons. The molecule has 30 heavy (non-hydrogen) atoms. The molecule has 0 aliphatic carbocycles. The molecule has 0 saturated heterocycles. The second kappa shape index (κ2) is 8.17. The topological polar surface area (TPSA) is 132 Å². The van der Waals surface area contributed by atoms with E-state index in [1.54, 1.807) is 6.92 Å². The summed E-state index contributed by atoms with van der Waals surface area (Å²) in [6.45, 7) is 1.56. The van der Waals surface area contributed by atoms with Gasteiger partial charge in [0.15, 0.2) is 5.82 Å².